The number of nitrogens with zero attached hydrogens (tertiary/aromatic N) is 4. The molecule has 2 heterocycles. The third kappa shape index (κ3) is 3.28. The van der Waals surface area contributed by atoms with Crippen LogP contribution in [0.3, 0.4) is 0 Å². The summed E-state index contributed by atoms with van der Waals surface area (Å²) >= 11 is 0. The number of aryl methyl sites for hydroxylation is 1. The van der Waals surface area contributed by atoms with E-state index in [1.807, 2.05) is 11.7 Å². The van der Waals surface area contributed by atoms with Crippen molar-refractivity contribution in [3.63, 3.8) is 0 Å². The first-order valence-corrected chi connectivity index (χ1v) is 6.55. The maximum atomic E-state index is 10.2. The van der Waals surface area contributed by atoms with Crippen molar-refractivity contribution in [1.82, 2.24) is 19.7 Å². The number of aliphatic hydroxyl groups excluding tert-OH is 1. The molecule has 6 heteroatoms. The van der Waals surface area contributed by atoms with E-state index in [4.69, 9.17) is 4.74 Å². The van der Waals surface area contributed by atoms with Gasteiger partial charge in [-0.15, -0.1) is 0 Å². The lowest BCUT2D eigenvalue weighted by molar-refractivity contribution is -0.0830. The SMILES string of the molecule is CCCn1ncnc1CC(O)C1CN(C)CCO1. The Balaban J connectivity index is 1.93. The Morgan fingerprint density at radius 1 is 1.61 bits per heavy atom. The van der Waals surface area contributed by atoms with Gasteiger partial charge in [0.15, 0.2) is 0 Å². The monoisotopic (exact) mass is 254 g/mol. The summed E-state index contributed by atoms with van der Waals surface area (Å²) in [7, 11) is 2.04. The van der Waals surface area contributed by atoms with E-state index >= 15 is 0 Å². The first-order valence-electron chi connectivity index (χ1n) is 6.55. The molecule has 1 aromatic rings. The van der Waals surface area contributed by atoms with E-state index in [0.717, 1.165) is 31.9 Å². The van der Waals surface area contributed by atoms with Gasteiger partial charge in [-0.25, -0.2) is 4.98 Å². The summed E-state index contributed by atoms with van der Waals surface area (Å²) < 4.78 is 7.47. The molecule has 2 atom stereocenters. The minimum absolute atomic E-state index is 0.129. The van der Waals surface area contributed by atoms with E-state index in [1.165, 1.54) is 0 Å². The Morgan fingerprint density at radius 2 is 2.44 bits per heavy atom. The van der Waals surface area contributed by atoms with E-state index < -0.39 is 6.10 Å². The normalized spacial score (nSPS) is 23.2. The second-order valence-electron chi connectivity index (χ2n) is 4.84. The number of hydrogen-bond acceptors (Lipinski definition) is 5. The molecule has 1 aliphatic rings. The fraction of sp³-hybridized carbons (Fsp3) is 0.833. The summed E-state index contributed by atoms with van der Waals surface area (Å²) in [4.78, 5) is 6.39. The van der Waals surface area contributed by atoms with Gasteiger partial charge in [-0.2, -0.15) is 5.10 Å². The number of likely N-dealkylation sites (N-methyl/N-ethyl adjacent to an activating group) is 1. The summed E-state index contributed by atoms with van der Waals surface area (Å²) in [6.07, 6.45) is 2.40. The Labute approximate surface area is 108 Å². The molecule has 18 heavy (non-hydrogen) atoms. The first kappa shape index (κ1) is 13.5. The largest absolute Gasteiger partial charge is 0.390 e. The predicted molar refractivity (Wildman–Crippen MR) is 67.3 cm³/mol. The van der Waals surface area contributed by atoms with Crippen molar-refractivity contribution in [1.29, 1.82) is 0 Å². The van der Waals surface area contributed by atoms with Crippen LogP contribution < -0.4 is 0 Å². The highest BCUT2D eigenvalue weighted by molar-refractivity contribution is 4.91. The summed E-state index contributed by atoms with van der Waals surface area (Å²) in [5.74, 6) is 0.834. The lowest BCUT2D eigenvalue weighted by atomic mass is 10.1. The molecule has 0 saturated carbocycles. The fourth-order valence-corrected chi connectivity index (χ4v) is 2.21. The fourth-order valence-electron chi connectivity index (χ4n) is 2.21. The molecule has 1 fully saturated rings. The number of rotatable bonds is 5. The molecule has 2 unspecified atom stereocenters. The summed E-state index contributed by atoms with van der Waals surface area (Å²) in [6, 6.07) is 0. The average molecular weight is 254 g/mol. The minimum Gasteiger partial charge on any atom is -0.390 e. The molecular formula is C12H22N4O2. The van der Waals surface area contributed by atoms with Crippen molar-refractivity contribution < 1.29 is 9.84 Å². The molecule has 6 nitrogen and oxygen atoms in total. The maximum Gasteiger partial charge on any atom is 0.138 e. The topological polar surface area (TPSA) is 63.4 Å². The number of hydrogen-bond donors (Lipinski definition) is 1. The zero-order valence-electron chi connectivity index (χ0n) is 11.1. The number of ether oxygens (including phenoxy) is 1. The van der Waals surface area contributed by atoms with Crippen LogP contribution in [0.1, 0.15) is 19.2 Å². The number of aliphatic hydroxyl groups is 1. The first-order chi connectivity index (χ1) is 8.70. The van der Waals surface area contributed by atoms with Gasteiger partial charge in [0, 0.05) is 26.1 Å². The zero-order valence-corrected chi connectivity index (χ0v) is 11.1. The van der Waals surface area contributed by atoms with Gasteiger partial charge < -0.3 is 14.7 Å². The molecule has 0 amide bonds. The van der Waals surface area contributed by atoms with Gasteiger partial charge in [0.2, 0.25) is 0 Å². The third-order valence-corrected chi connectivity index (χ3v) is 3.25. The highest BCUT2D eigenvalue weighted by Gasteiger charge is 2.26. The standard InChI is InChI=1S/C12H22N4O2/c1-3-4-16-12(13-9-14-16)7-10(17)11-8-15(2)5-6-18-11/h9-11,17H,3-8H2,1-2H3. The van der Waals surface area contributed by atoms with Crippen LogP contribution in [-0.2, 0) is 17.7 Å². The van der Waals surface area contributed by atoms with Crippen molar-refractivity contribution >= 4 is 0 Å². The van der Waals surface area contributed by atoms with Gasteiger partial charge in [-0.3, -0.25) is 4.68 Å². The highest BCUT2D eigenvalue weighted by Crippen LogP contribution is 2.11. The molecule has 0 aromatic carbocycles. The predicted octanol–water partition coefficient (Wildman–Crippen LogP) is -0.0779. The van der Waals surface area contributed by atoms with Gasteiger partial charge >= 0.3 is 0 Å². The molecule has 2 rings (SSSR count). The molecule has 0 spiro atoms. The van der Waals surface area contributed by atoms with Crippen LogP contribution >= 0.6 is 0 Å². The van der Waals surface area contributed by atoms with E-state index in [9.17, 15) is 5.11 Å². The van der Waals surface area contributed by atoms with Crippen LogP contribution in [-0.4, -0.2) is 63.7 Å². The molecule has 1 aliphatic heterocycles. The van der Waals surface area contributed by atoms with Crippen LogP contribution in [0.25, 0.3) is 0 Å². The number of morpholine rings is 1. The highest BCUT2D eigenvalue weighted by atomic mass is 16.5. The minimum atomic E-state index is -0.521. The van der Waals surface area contributed by atoms with E-state index in [1.54, 1.807) is 6.33 Å². The van der Waals surface area contributed by atoms with Gasteiger partial charge in [0.25, 0.3) is 0 Å². The molecule has 102 valence electrons. The molecule has 0 radical (unpaired) electrons. The van der Waals surface area contributed by atoms with Crippen LogP contribution in [0.2, 0.25) is 0 Å². The van der Waals surface area contributed by atoms with E-state index in [0.29, 0.717) is 13.0 Å². The summed E-state index contributed by atoms with van der Waals surface area (Å²) in [6.45, 7) is 5.31. The van der Waals surface area contributed by atoms with Crippen molar-refractivity contribution in [2.45, 2.75) is 38.5 Å². The molecule has 0 bridgehead atoms. The van der Waals surface area contributed by atoms with E-state index in [-0.39, 0.29) is 6.10 Å². The Bertz CT molecular complexity index is 369. The maximum absolute atomic E-state index is 10.2. The van der Waals surface area contributed by atoms with Crippen molar-refractivity contribution in [2.24, 2.45) is 0 Å². The van der Waals surface area contributed by atoms with Crippen LogP contribution in [0, 0.1) is 0 Å². The van der Waals surface area contributed by atoms with Crippen molar-refractivity contribution in [3.8, 4) is 0 Å². The second kappa shape index (κ2) is 6.26. The summed E-state index contributed by atoms with van der Waals surface area (Å²) in [5.41, 5.74) is 0. The zero-order chi connectivity index (χ0) is 13.0. The molecule has 1 aromatic heterocycles. The van der Waals surface area contributed by atoms with Gasteiger partial charge in [0.1, 0.15) is 12.2 Å². The van der Waals surface area contributed by atoms with Gasteiger partial charge in [-0.1, -0.05) is 6.92 Å². The van der Waals surface area contributed by atoms with Gasteiger partial charge in [-0.05, 0) is 13.5 Å². The lowest BCUT2D eigenvalue weighted by Crippen LogP contribution is -2.46. The smallest absolute Gasteiger partial charge is 0.138 e. The summed E-state index contributed by atoms with van der Waals surface area (Å²) in [5, 5.41) is 14.4. The van der Waals surface area contributed by atoms with Crippen molar-refractivity contribution in [3.05, 3.63) is 12.2 Å². The Kier molecular flexibility index (Phi) is 4.68. The second-order valence-corrected chi connectivity index (χ2v) is 4.84. The molecule has 0 aliphatic carbocycles. The molecular weight excluding hydrogens is 232 g/mol. The lowest BCUT2D eigenvalue weighted by Gasteiger charge is -2.32. The van der Waals surface area contributed by atoms with Crippen LogP contribution in [0.4, 0.5) is 0 Å². The van der Waals surface area contributed by atoms with Crippen LogP contribution in [0.15, 0.2) is 6.33 Å². The quantitative estimate of drug-likeness (QED) is 0.796. The Morgan fingerprint density at radius 3 is 3.17 bits per heavy atom. The molecule has 1 N–H and O–H groups in total. The van der Waals surface area contributed by atoms with Gasteiger partial charge in [0.05, 0.1) is 18.8 Å². The van der Waals surface area contributed by atoms with E-state index in [2.05, 4.69) is 21.9 Å². The third-order valence-electron chi connectivity index (χ3n) is 3.25. The molecule has 1 saturated heterocycles. The number of aromatic nitrogens is 3. The van der Waals surface area contributed by atoms with Crippen LogP contribution in [0.5, 0.6) is 0 Å². The average Bonchev–Trinajstić information content (AvgIpc) is 2.77. The Hall–Kier alpha value is -0.980. The van der Waals surface area contributed by atoms with Crippen molar-refractivity contribution in [2.75, 3.05) is 26.7 Å².